The van der Waals surface area contributed by atoms with E-state index >= 15 is 0 Å². The summed E-state index contributed by atoms with van der Waals surface area (Å²) in [6, 6.07) is 10.1. The summed E-state index contributed by atoms with van der Waals surface area (Å²) in [6.07, 6.45) is 1.90. The molecule has 1 aromatic heterocycles. The lowest BCUT2D eigenvalue weighted by Crippen LogP contribution is -2.19. The summed E-state index contributed by atoms with van der Waals surface area (Å²) in [7, 11) is 0. The molecular formula is C16H14N2OS2. The normalized spacial score (nSPS) is 18.5. The van der Waals surface area contributed by atoms with Crippen molar-refractivity contribution < 1.29 is 4.79 Å². The minimum atomic E-state index is -0.0862. The predicted molar refractivity (Wildman–Crippen MR) is 91.0 cm³/mol. The van der Waals surface area contributed by atoms with E-state index in [1.54, 1.807) is 11.3 Å². The molecule has 1 saturated heterocycles. The van der Waals surface area contributed by atoms with E-state index in [4.69, 9.17) is 0 Å². The van der Waals surface area contributed by atoms with Gasteiger partial charge in [-0.25, -0.2) is 4.99 Å². The molecule has 0 aliphatic carbocycles. The Morgan fingerprint density at radius 1 is 1.24 bits per heavy atom. The highest BCUT2D eigenvalue weighted by molar-refractivity contribution is 8.18. The maximum atomic E-state index is 12.0. The fourth-order valence-corrected chi connectivity index (χ4v) is 3.58. The molecule has 3 nitrogen and oxygen atoms in total. The van der Waals surface area contributed by atoms with Crippen LogP contribution in [0.15, 0.2) is 45.6 Å². The third-order valence-corrected chi connectivity index (χ3v) is 4.77. The van der Waals surface area contributed by atoms with Crippen LogP contribution in [-0.4, -0.2) is 11.1 Å². The van der Waals surface area contributed by atoms with Crippen LogP contribution in [0, 0.1) is 13.8 Å². The van der Waals surface area contributed by atoms with Crippen LogP contribution in [0.5, 0.6) is 0 Å². The van der Waals surface area contributed by atoms with E-state index in [9.17, 15) is 4.79 Å². The third-order valence-electron chi connectivity index (χ3n) is 3.04. The van der Waals surface area contributed by atoms with Crippen molar-refractivity contribution in [1.82, 2.24) is 5.32 Å². The molecule has 2 heterocycles. The number of aliphatic imine (C=N–C) groups is 1. The molecule has 0 saturated carbocycles. The van der Waals surface area contributed by atoms with Gasteiger partial charge in [0.05, 0.1) is 10.6 Å². The van der Waals surface area contributed by atoms with Gasteiger partial charge in [-0.1, -0.05) is 23.8 Å². The van der Waals surface area contributed by atoms with Crippen LogP contribution in [0.3, 0.4) is 0 Å². The summed E-state index contributed by atoms with van der Waals surface area (Å²) in [5.41, 5.74) is 3.20. The standard InChI is InChI=1S/C16H14N2OS2/c1-10-5-6-13(11(2)8-10)17-16-18-15(19)14(21-16)9-12-4-3-7-20-12/h3-9H,1-2H3,(H,17,18,19)/b14-9+. The average Bonchev–Trinajstić information content (AvgIpc) is 3.04. The largest absolute Gasteiger partial charge is 0.300 e. The molecule has 21 heavy (non-hydrogen) atoms. The molecule has 1 aromatic carbocycles. The SMILES string of the molecule is Cc1ccc(N=C2NC(=O)/C(=C\c3cccs3)S2)c(C)c1. The molecule has 1 aliphatic heterocycles. The first-order valence-electron chi connectivity index (χ1n) is 6.52. The summed E-state index contributed by atoms with van der Waals surface area (Å²) < 4.78 is 0. The van der Waals surface area contributed by atoms with Crippen LogP contribution in [-0.2, 0) is 4.79 Å². The number of benzene rings is 1. The molecule has 0 atom stereocenters. The fraction of sp³-hybridized carbons (Fsp3) is 0.125. The average molecular weight is 314 g/mol. The van der Waals surface area contributed by atoms with Crippen LogP contribution in [0.25, 0.3) is 6.08 Å². The van der Waals surface area contributed by atoms with Crippen molar-refractivity contribution in [2.45, 2.75) is 13.8 Å². The first-order valence-corrected chi connectivity index (χ1v) is 8.22. The Morgan fingerprint density at radius 3 is 2.81 bits per heavy atom. The Balaban J connectivity index is 1.85. The third kappa shape index (κ3) is 3.25. The highest BCUT2D eigenvalue weighted by atomic mass is 32.2. The van der Waals surface area contributed by atoms with Crippen molar-refractivity contribution in [2.75, 3.05) is 0 Å². The monoisotopic (exact) mass is 314 g/mol. The van der Waals surface area contributed by atoms with Gasteiger partial charge >= 0.3 is 0 Å². The van der Waals surface area contributed by atoms with Gasteiger partial charge in [-0.15, -0.1) is 11.3 Å². The lowest BCUT2D eigenvalue weighted by molar-refractivity contribution is -0.115. The van der Waals surface area contributed by atoms with Crippen LogP contribution in [0.1, 0.15) is 16.0 Å². The molecule has 1 aliphatic rings. The van der Waals surface area contributed by atoms with E-state index in [1.807, 2.05) is 42.6 Å². The van der Waals surface area contributed by atoms with Crippen LogP contribution >= 0.6 is 23.1 Å². The number of thiophene rings is 1. The molecule has 0 spiro atoms. The second-order valence-electron chi connectivity index (χ2n) is 4.79. The number of aryl methyl sites for hydroxylation is 2. The van der Waals surface area contributed by atoms with Crippen molar-refractivity contribution >= 4 is 45.9 Å². The molecule has 0 radical (unpaired) electrons. The van der Waals surface area contributed by atoms with Gasteiger partial charge in [0, 0.05) is 4.88 Å². The molecule has 5 heteroatoms. The minimum Gasteiger partial charge on any atom is -0.300 e. The quantitative estimate of drug-likeness (QED) is 0.842. The highest BCUT2D eigenvalue weighted by Gasteiger charge is 2.24. The fourth-order valence-electron chi connectivity index (χ4n) is 2.02. The Bertz CT molecular complexity index is 746. The summed E-state index contributed by atoms with van der Waals surface area (Å²) in [5, 5.41) is 5.45. The maximum Gasteiger partial charge on any atom is 0.264 e. The van der Waals surface area contributed by atoms with E-state index in [0.29, 0.717) is 10.1 Å². The first-order chi connectivity index (χ1) is 10.1. The van der Waals surface area contributed by atoms with E-state index in [2.05, 4.69) is 23.3 Å². The Morgan fingerprint density at radius 2 is 2.10 bits per heavy atom. The molecular weight excluding hydrogens is 300 g/mol. The number of thioether (sulfide) groups is 1. The van der Waals surface area contributed by atoms with E-state index in [-0.39, 0.29) is 5.91 Å². The van der Waals surface area contributed by atoms with Gasteiger partial charge in [-0.3, -0.25) is 4.79 Å². The predicted octanol–water partition coefficient (Wildman–Crippen LogP) is 4.26. The number of carbonyl (C=O) groups excluding carboxylic acids is 1. The van der Waals surface area contributed by atoms with E-state index in [0.717, 1.165) is 16.1 Å². The maximum absolute atomic E-state index is 12.0. The molecule has 3 rings (SSSR count). The van der Waals surface area contributed by atoms with E-state index < -0.39 is 0 Å². The Hall–Kier alpha value is -1.85. The van der Waals surface area contributed by atoms with E-state index in [1.165, 1.54) is 17.3 Å². The number of nitrogens with one attached hydrogen (secondary N) is 1. The zero-order valence-corrected chi connectivity index (χ0v) is 13.3. The summed E-state index contributed by atoms with van der Waals surface area (Å²) >= 11 is 2.99. The lowest BCUT2D eigenvalue weighted by atomic mass is 10.1. The van der Waals surface area contributed by atoms with Gasteiger partial charge in [0.15, 0.2) is 5.17 Å². The number of rotatable bonds is 2. The second-order valence-corrected chi connectivity index (χ2v) is 6.80. The van der Waals surface area contributed by atoms with Crippen LogP contribution < -0.4 is 5.32 Å². The molecule has 1 fully saturated rings. The number of hydrogen-bond donors (Lipinski definition) is 1. The van der Waals surface area contributed by atoms with Gasteiger partial charge in [-0.05, 0) is 54.8 Å². The number of nitrogens with zero attached hydrogens (tertiary/aromatic N) is 1. The highest BCUT2D eigenvalue weighted by Crippen LogP contribution is 2.30. The van der Waals surface area contributed by atoms with Crippen LogP contribution in [0.4, 0.5) is 5.69 Å². The summed E-state index contributed by atoms with van der Waals surface area (Å²) in [5.74, 6) is -0.0862. The Kier molecular flexibility index (Phi) is 3.94. The van der Waals surface area contributed by atoms with Gasteiger partial charge in [0.1, 0.15) is 0 Å². The molecule has 1 N–H and O–H groups in total. The van der Waals surface area contributed by atoms with Gasteiger partial charge in [-0.2, -0.15) is 0 Å². The zero-order valence-electron chi connectivity index (χ0n) is 11.7. The number of carbonyl (C=O) groups is 1. The summed E-state index contributed by atoms with van der Waals surface area (Å²) in [4.78, 5) is 18.3. The molecule has 106 valence electrons. The number of amidine groups is 1. The first kappa shape index (κ1) is 14.1. The van der Waals surface area contributed by atoms with Crippen molar-refractivity contribution in [3.8, 4) is 0 Å². The molecule has 2 aromatic rings. The second kappa shape index (κ2) is 5.87. The number of amides is 1. The summed E-state index contributed by atoms with van der Waals surface area (Å²) in [6.45, 7) is 4.08. The lowest BCUT2D eigenvalue weighted by Gasteiger charge is -2.02. The van der Waals surface area contributed by atoms with Crippen molar-refractivity contribution in [1.29, 1.82) is 0 Å². The number of hydrogen-bond acceptors (Lipinski definition) is 4. The van der Waals surface area contributed by atoms with Crippen molar-refractivity contribution in [3.05, 3.63) is 56.6 Å². The van der Waals surface area contributed by atoms with Gasteiger partial charge < -0.3 is 5.32 Å². The zero-order chi connectivity index (χ0) is 14.8. The van der Waals surface area contributed by atoms with Crippen molar-refractivity contribution in [3.63, 3.8) is 0 Å². The Labute approximate surface area is 131 Å². The molecule has 1 amide bonds. The smallest absolute Gasteiger partial charge is 0.264 e. The van der Waals surface area contributed by atoms with Crippen LogP contribution in [0.2, 0.25) is 0 Å². The van der Waals surface area contributed by atoms with Crippen molar-refractivity contribution in [2.24, 2.45) is 4.99 Å². The van der Waals surface area contributed by atoms with Gasteiger partial charge in [0.2, 0.25) is 0 Å². The topological polar surface area (TPSA) is 41.5 Å². The molecule has 0 bridgehead atoms. The van der Waals surface area contributed by atoms with Gasteiger partial charge in [0.25, 0.3) is 5.91 Å². The molecule has 0 unspecified atom stereocenters. The minimum absolute atomic E-state index is 0.0862.